The van der Waals surface area contributed by atoms with Crippen molar-refractivity contribution < 1.29 is 13.2 Å². The van der Waals surface area contributed by atoms with E-state index < -0.39 is 15.6 Å². The van der Waals surface area contributed by atoms with Gasteiger partial charge in [0.15, 0.2) is 15.6 Å². The van der Waals surface area contributed by atoms with Crippen LogP contribution in [0.1, 0.15) is 17.3 Å². The molecule has 20 heavy (non-hydrogen) atoms. The van der Waals surface area contributed by atoms with E-state index in [-0.39, 0.29) is 11.5 Å². The third kappa shape index (κ3) is 3.54. The van der Waals surface area contributed by atoms with Crippen molar-refractivity contribution in [3.63, 3.8) is 0 Å². The molecule has 0 fully saturated rings. The van der Waals surface area contributed by atoms with Crippen molar-refractivity contribution in [2.45, 2.75) is 6.92 Å². The number of benzene rings is 2. The van der Waals surface area contributed by atoms with E-state index in [4.69, 9.17) is 0 Å². The number of hydrogen-bond acceptors (Lipinski definition) is 3. The molecule has 0 aliphatic carbocycles. The second kappa shape index (κ2) is 6.01. The molecule has 0 heterocycles. The standard InChI is InChI=1S/C16H16O3S/c1-2-20(18,19)12-16(17)15-10-8-14(9-11-15)13-6-4-3-5-7-13/h3-11H,2,12H2,1H3. The molecule has 0 saturated heterocycles. The Morgan fingerprint density at radius 3 is 2.00 bits per heavy atom. The molecule has 0 saturated carbocycles. The summed E-state index contributed by atoms with van der Waals surface area (Å²) in [6.07, 6.45) is 0. The summed E-state index contributed by atoms with van der Waals surface area (Å²) in [4.78, 5) is 11.9. The van der Waals surface area contributed by atoms with E-state index in [1.54, 1.807) is 19.1 Å². The van der Waals surface area contributed by atoms with Gasteiger partial charge in [-0.2, -0.15) is 0 Å². The predicted molar refractivity (Wildman–Crippen MR) is 80.5 cm³/mol. The highest BCUT2D eigenvalue weighted by Gasteiger charge is 2.15. The Kier molecular flexibility index (Phi) is 4.35. The summed E-state index contributed by atoms with van der Waals surface area (Å²) < 4.78 is 22.9. The maximum atomic E-state index is 11.9. The maximum absolute atomic E-state index is 11.9. The van der Waals surface area contributed by atoms with Gasteiger partial charge in [0.1, 0.15) is 5.75 Å². The van der Waals surface area contributed by atoms with Crippen LogP contribution in [0.15, 0.2) is 54.6 Å². The van der Waals surface area contributed by atoms with Crippen LogP contribution in [0.3, 0.4) is 0 Å². The van der Waals surface area contributed by atoms with E-state index in [1.165, 1.54) is 0 Å². The molecule has 0 atom stereocenters. The fourth-order valence-electron chi connectivity index (χ4n) is 1.86. The Hall–Kier alpha value is -1.94. The summed E-state index contributed by atoms with van der Waals surface area (Å²) in [5.41, 5.74) is 2.50. The number of carbonyl (C=O) groups is 1. The molecule has 0 N–H and O–H groups in total. The number of ketones is 1. The predicted octanol–water partition coefficient (Wildman–Crippen LogP) is 2.97. The Labute approximate surface area is 119 Å². The van der Waals surface area contributed by atoms with Crippen LogP contribution in [0, 0.1) is 0 Å². The van der Waals surface area contributed by atoms with Gasteiger partial charge in [-0.05, 0) is 11.1 Å². The molecule has 2 aromatic carbocycles. The van der Waals surface area contributed by atoms with Crippen LogP contribution in [0.25, 0.3) is 11.1 Å². The van der Waals surface area contributed by atoms with Crippen molar-refractivity contribution in [3.8, 4) is 11.1 Å². The lowest BCUT2D eigenvalue weighted by Gasteiger charge is -2.04. The molecule has 0 aliphatic rings. The minimum absolute atomic E-state index is 0.0131. The minimum atomic E-state index is -3.28. The minimum Gasteiger partial charge on any atom is -0.293 e. The first-order valence-corrected chi connectivity index (χ1v) is 8.23. The normalized spacial score (nSPS) is 11.2. The first-order chi connectivity index (χ1) is 9.52. The van der Waals surface area contributed by atoms with E-state index in [0.717, 1.165) is 11.1 Å². The molecule has 0 spiro atoms. The fourth-order valence-corrected chi connectivity index (χ4v) is 2.63. The molecular weight excluding hydrogens is 272 g/mol. The lowest BCUT2D eigenvalue weighted by atomic mass is 10.0. The molecule has 0 radical (unpaired) electrons. The number of hydrogen-bond donors (Lipinski definition) is 0. The quantitative estimate of drug-likeness (QED) is 0.795. The molecule has 2 rings (SSSR count). The van der Waals surface area contributed by atoms with Crippen molar-refractivity contribution in [1.82, 2.24) is 0 Å². The zero-order chi connectivity index (χ0) is 14.6. The number of sulfone groups is 1. The summed E-state index contributed by atoms with van der Waals surface area (Å²) in [7, 11) is -3.28. The van der Waals surface area contributed by atoms with Gasteiger partial charge in [-0.1, -0.05) is 61.5 Å². The first kappa shape index (κ1) is 14.5. The van der Waals surface area contributed by atoms with Crippen LogP contribution in [0.4, 0.5) is 0 Å². The molecular formula is C16H16O3S. The molecule has 0 aromatic heterocycles. The summed E-state index contributed by atoms with van der Waals surface area (Å²) in [5.74, 6) is -0.791. The number of Topliss-reactive ketones (excluding diaryl/α,β-unsaturated/α-hetero) is 1. The van der Waals surface area contributed by atoms with Gasteiger partial charge in [0, 0.05) is 11.3 Å². The van der Waals surface area contributed by atoms with Gasteiger partial charge < -0.3 is 0 Å². The van der Waals surface area contributed by atoms with Gasteiger partial charge >= 0.3 is 0 Å². The lowest BCUT2D eigenvalue weighted by molar-refractivity contribution is 0.102. The van der Waals surface area contributed by atoms with Crippen LogP contribution in [0.2, 0.25) is 0 Å². The third-order valence-corrected chi connectivity index (χ3v) is 4.69. The lowest BCUT2D eigenvalue weighted by Crippen LogP contribution is -2.17. The highest BCUT2D eigenvalue weighted by atomic mass is 32.2. The molecule has 0 bridgehead atoms. The van der Waals surface area contributed by atoms with E-state index >= 15 is 0 Å². The molecule has 0 amide bonds. The first-order valence-electron chi connectivity index (χ1n) is 6.41. The zero-order valence-corrected chi connectivity index (χ0v) is 12.1. The third-order valence-electron chi connectivity index (χ3n) is 3.10. The average molecular weight is 288 g/mol. The van der Waals surface area contributed by atoms with Crippen molar-refractivity contribution in [3.05, 3.63) is 60.2 Å². The fraction of sp³-hybridized carbons (Fsp3) is 0.188. The summed E-state index contributed by atoms with van der Waals surface area (Å²) >= 11 is 0. The zero-order valence-electron chi connectivity index (χ0n) is 11.2. The van der Waals surface area contributed by atoms with Gasteiger partial charge in [0.25, 0.3) is 0 Å². The number of carbonyl (C=O) groups excluding carboxylic acids is 1. The van der Waals surface area contributed by atoms with Crippen LogP contribution in [-0.4, -0.2) is 25.7 Å². The molecule has 2 aromatic rings. The molecule has 3 nitrogen and oxygen atoms in total. The molecule has 0 unspecified atom stereocenters. The summed E-state index contributed by atoms with van der Waals surface area (Å²) in [6, 6.07) is 16.8. The average Bonchev–Trinajstić information content (AvgIpc) is 2.48. The van der Waals surface area contributed by atoms with Crippen molar-refractivity contribution in [2.24, 2.45) is 0 Å². The number of rotatable bonds is 5. The SMILES string of the molecule is CCS(=O)(=O)CC(=O)c1ccc(-c2ccccc2)cc1. The smallest absolute Gasteiger partial charge is 0.177 e. The topological polar surface area (TPSA) is 51.2 Å². The van der Waals surface area contributed by atoms with E-state index in [0.29, 0.717) is 5.56 Å². The molecule has 104 valence electrons. The molecule has 4 heteroatoms. The Morgan fingerprint density at radius 2 is 1.45 bits per heavy atom. The van der Waals surface area contributed by atoms with Gasteiger partial charge in [0.2, 0.25) is 0 Å². The van der Waals surface area contributed by atoms with Crippen molar-refractivity contribution >= 4 is 15.6 Å². The van der Waals surface area contributed by atoms with Crippen LogP contribution in [0.5, 0.6) is 0 Å². The van der Waals surface area contributed by atoms with Gasteiger partial charge in [-0.15, -0.1) is 0 Å². The highest BCUT2D eigenvalue weighted by Crippen LogP contribution is 2.19. The molecule has 0 aliphatic heterocycles. The van der Waals surface area contributed by atoms with Crippen LogP contribution >= 0.6 is 0 Å². The van der Waals surface area contributed by atoms with Crippen LogP contribution < -0.4 is 0 Å². The Balaban J connectivity index is 2.19. The van der Waals surface area contributed by atoms with Gasteiger partial charge in [-0.3, -0.25) is 4.79 Å². The van der Waals surface area contributed by atoms with Crippen LogP contribution in [-0.2, 0) is 9.84 Å². The second-order valence-corrected chi connectivity index (χ2v) is 6.90. The second-order valence-electron chi connectivity index (χ2n) is 4.54. The monoisotopic (exact) mass is 288 g/mol. The van der Waals surface area contributed by atoms with E-state index in [9.17, 15) is 13.2 Å². The summed E-state index contributed by atoms with van der Waals surface area (Å²) in [5, 5.41) is 0. The maximum Gasteiger partial charge on any atom is 0.177 e. The van der Waals surface area contributed by atoms with Gasteiger partial charge in [-0.25, -0.2) is 8.42 Å². The van der Waals surface area contributed by atoms with E-state index in [2.05, 4.69) is 0 Å². The highest BCUT2D eigenvalue weighted by molar-refractivity contribution is 7.92. The Bertz CT molecular complexity index is 686. The largest absolute Gasteiger partial charge is 0.293 e. The van der Waals surface area contributed by atoms with Crippen molar-refractivity contribution in [2.75, 3.05) is 11.5 Å². The van der Waals surface area contributed by atoms with Gasteiger partial charge in [0.05, 0.1) is 0 Å². The van der Waals surface area contributed by atoms with E-state index in [1.807, 2.05) is 42.5 Å². The Morgan fingerprint density at radius 1 is 0.900 bits per heavy atom. The summed E-state index contributed by atoms with van der Waals surface area (Å²) in [6.45, 7) is 1.54. The van der Waals surface area contributed by atoms with Crippen molar-refractivity contribution in [1.29, 1.82) is 0 Å².